The van der Waals surface area contributed by atoms with E-state index in [0.717, 1.165) is 25.9 Å². The van der Waals surface area contributed by atoms with E-state index in [2.05, 4.69) is 4.90 Å². The Morgan fingerprint density at radius 1 is 1.18 bits per heavy atom. The van der Waals surface area contributed by atoms with Gasteiger partial charge in [0, 0.05) is 37.7 Å². The van der Waals surface area contributed by atoms with E-state index in [4.69, 9.17) is 0 Å². The van der Waals surface area contributed by atoms with Crippen LogP contribution in [0.3, 0.4) is 0 Å². The van der Waals surface area contributed by atoms with Crippen LogP contribution in [0.4, 0.5) is 4.39 Å². The number of carbonyl (C=O) groups is 2. The fraction of sp³-hybridized carbons (Fsp3) is 0.529. The second-order valence-corrected chi connectivity index (χ2v) is 6.26. The molecule has 1 saturated heterocycles. The molecule has 5 heteroatoms. The van der Waals surface area contributed by atoms with Gasteiger partial charge in [-0.1, -0.05) is 0 Å². The molecule has 0 spiro atoms. The number of aryl methyl sites for hydroxylation is 1. The number of amides is 1. The highest BCUT2D eigenvalue weighted by atomic mass is 19.1. The second kappa shape index (κ2) is 6.16. The van der Waals surface area contributed by atoms with Gasteiger partial charge in [0.25, 0.3) is 0 Å². The van der Waals surface area contributed by atoms with Crippen molar-refractivity contribution < 1.29 is 14.0 Å². The molecule has 1 heterocycles. The highest BCUT2D eigenvalue weighted by Gasteiger charge is 2.34. The zero-order chi connectivity index (χ0) is 15.7. The first-order valence-corrected chi connectivity index (χ1v) is 7.85. The predicted molar refractivity (Wildman–Crippen MR) is 81.2 cm³/mol. The second-order valence-electron chi connectivity index (χ2n) is 6.26. The van der Waals surface area contributed by atoms with Crippen LogP contribution in [0.25, 0.3) is 0 Å². The molecule has 0 unspecified atom stereocenters. The van der Waals surface area contributed by atoms with Crippen molar-refractivity contribution in [1.82, 2.24) is 9.80 Å². The van der Waals surface area contributed by atoms with Crippen molar-refractivity contribution >= 4 is 11.7 Å². The van der Waals surface area contributed by atoms with Gasteiger partial charge in [-0.3, -0.25) is 14.5 Å². The van der Waals surface area contributed by atoms with E-state index < -0.39 is 0 Å². The summed E-state index contributed by atoms with van der Waals surface area (Å²) in [7, 11) is 0. The van der Waals surface area contributed by atoms with E-state index in [9.17, 15) is 14.0 Å². The standard InChI is InChI=1S/C17H21FN2O2/c1-12-10-14(4-5-15(12)18)16(21)11-19-6-8-20(9-7-19)17(22)13-2-3-13/h4-5,10,13H,2-3,6-9,11H2,1H3. The molecule has 22 heavy (non-hydrogen) atoms. The number of ketones is 1. The maximum atomic E-state index is 13.3. The number of carbonyl (C=O) groups excluding carboxylic acids is 2. The number of benzene rings is 1. The Morgan fingerprint density at radius 2 is 1.86 bits per heavy atom. The average molecular weight is 304 g/mol. The van der Waals surface area contributed by atoms with E-state index >= 15 is 0 Å². The van der Waals surface area contributed by atoms with Gasteiger partial charge in [0.15, 0.2) is 5.78 Å². The molecule has 2 fully saturated rings. The van der Waals surface area contributed by atoms with Crippen LogP contribution in [0.2, 0.25) is 0 Å². The number of halogens is 1. The van der Waals surface area contributed by atoms with Crippen molar-refractivity contribution in [1.29, 1.82) is 0 Å². The molecular weight excluding hydrogens is 283 g/mol. The summed E-state index contributed by atoms with van der Waals surface area (Å²) in [6, 6.07) is 4.48. The van der Waals surface area contributed by atoms with Crippen molar-refractivity contribution in [3.05, 3.63) is 35.1 Å². The minimum atomic E-state index is -0.288. The quantitative estimate of drug-likeness (QED) is 0.797. The molecule has 1 saturated carbocycles. The number of rotatable bonds is 4. The molecule has 1 aromatic rings. The molecule has 0 atom stereocenters. The van der Waals surface area contributed by atoms with Crippen molar-refractivity contribution in [2.45, 2.75) is 19.8 Å². The SMILES string of the molecule is Cc1cc(C(=O)CN2CCN(C(=O)C3CC3)CC2)ccc1F. The summed E-state index contributed by atoms with van der Waals surface area (Å²) in [6.07, 6.45) is 2.06. The minimum Gasteiger partial charge on any atom is -0.340 e. The predicted octanol–water partition coefficient (Wildman–Crippen LogP) is 1.87. The minimum absolute atomic E-state index is 0.00469. The monoisotopic (exact) mass is 304 g/mol. The van der Waals surface area contributed by atoms with Gasteiger partial charge >= 0.3 is 0 Å². The number of piperazine rings is 1. The fourth-order valence-corrected chi connectivity index (χ4v) is 2.83. The zero-order valence-electron chi connectivity index (χ0n) is 12.8. The topological polar surface area (TPSA) is 40.6 Å². The Balaban J connectivity index is 1.52. The lowest BCUT2D eigenvalue weighted by Crippen LogP contribution is -2.50. The van der Waals surface area contributed by atoms with E-state index in [-0.39, 0.29) is 23.4 Å². The molecule has 1 aliphatic carbocycles. The highest BCUT2D eigenvalue weighted by Crippen LogP contribution is 2.31. The van der Waals surface area contributed by atoms with E-state index in [0.29, 0.717) is 30.8 Å². The molecular formula is C17H21FN2O2. The molecule has 2 aliphatic rings. The van der Waals surface area contributed by atoms with Crippen LogP contribution in [0.1, 0.15) is 28.8 Å². The Kier molecular flexibility index (Phi) is 4.25. The first-order chi connectivity index (χ1) is 10.5. The lowest BCUT2D eigenvalue weighted by molar-refractivity contribution is -0.134. The van der Waals surface area contributed by atoms with Gasteiger partial charge in [0.1, 0.15) is 5.82 Å². The van der Waals surface area contributed by atoms with Gasteiger partial charge in [-0.05, 0) is 43.5 Å². The summed E-state index contributed by atoms with van der Waals surface area (Å²) < 4.78 is 13.3. The Labute approximate surface area is 129 Å². The van der Waals surface area contributed by atoms with Crippen molar-refractivity contribution in [3.63, 3.8) is 0 Å². The molecule has 0 aromatic heterocycles. The third kappa shape index (κ3) is 3.35. The Bertz CT molecular complexity index is 590. The molecule has 118 valence electrons. The highest BCUT2D eigenvalue weighted by molar-refractivity contribution is 5.97. The summed E-state index contributed by atoms with van der Waals surface area (Å²) >= 11 is 0. The van der Waals surface area contributed by atoms with Crippen LogP contribution >= 0.6 is 0 Å². The van der Waals surface area contributed by atoms with Gasteiger partial charge in [-0.2, -0.15) is 0 Å². The number of hydrogen-bond acceptors (Lipinski definition) is 3. The van der Waals surface area contributed by atoms with Crippen LogP contribution in [-0.4, -0.2) is 54.2 Å². The zero-order valence-corrected chi connectivity index (χ0v) is 12.8. The first kappa shape index (κ1) is 15.2. The number of nitrogens with zero attached hydrogens (tertiary/aromatic N) is 2. The van der Waals surface area contributed by atoms with E-state index in [1.165, 1.54) is 12.1 Å². The van der Waals surface area contributed by atoms with Crippen molar-refractivity contribution in [2.24, 2.45) is 5.92 Å². The number of Topliss-reactive ketones (excluding diaryl/α,β-unsaturated/α-hetero) is 1. The molecule has 1 aliphatic heterocycles. The Morgan fingerprint density at radius 3 is 2.45 bits per heavy atom. The lowest BCUT2D eigenvalue weighted by Gasteiger charge is -2.34. The number of hydrogen-bond donors (Lipinski definition) is 0. The van der Waals surface area contributed by atoms with Gasteiger partial charge < -0.3 is 4.90 Å². The fourth-order valence-electron chi connectivity index (χ4n) is 2.83. The smallest absolute Gasteiger partial charge is 0.225 e. The van der Waals surface area contributed by atoms with Crippen LogP contribution < -0.4 is 0 Å². The van der Waals surface area contributed by atoms with Crippen LogP contribution in [-0.2, 0) is 4.79 Å². The summed E-state index contributed by atoms with van der Waals surface area (Å²) in [5.74, 6) is 0.254. The van der Waals surface area contributed by atoms with Crippen molar-refractivity contribution in [3.8, 4) is 0 Å². The van der Waals surface area contributed by atoms with E-state index in [1.54, 1.807) is 13.0 Å². The summed E-state index contributed by atoms with van der Waals surface area (Å²) in [5, 5.41) is 0. The molecule has 0 bridgehead atoms. The summed E-state index contributed by atoms with van der Waals surface area (Å²) in [5.41, 5.74) is 1.04. The lowest BCUT2D eigenvalue weighted by atomic mass is 10.1. The van der Waals surface area contributed by atoms with Gasteiger partial charge in [-0.15, -0.1) is 0 Å². The Hall–Kier alpha value is -1.75. The molecule has 0 radical (unpaired) electrons. The van der Waals surface area contributed by atoms with Gasteiger partial charge in [0.05, 0.1) is 6.54 Å². The van der Waals surface area contributed by atoms with Gasteiger partial charge in [-0.25, -0.2) is 4.39 Å². The molecule has 0 N–H and O–H groups in total. The van der Waals surface area contributed by atoms with Crippen molar-refractivity contribution in [2.75, 3.05) is 32.7 Å². The first-order valence-electron chi connectivity index (χ1n) is 7.85. The third-order valence-corrected chi connectivity index (χ3v) is 4.46. The van der Waals surface area contributed by atoms with Gasteiger partial charge in [0.2, 0.25) is 5.91 Å². The maximum Gasteiger partial charge on any atom is 0.225 e. The average Bonchev–Trinajstić information content (AvgIpc) is 3.35. The molecule has 1 aromatic carbocycles. The molecule has 1 amide bonds. The molecule has 4 nitrogen and oxygen atoms in total. The largest absolute Gasteiger partial charge is 0.340 e. The van der Waals surface area contributed by atoms with Crippen LogP contribution in [0.5, 0.6) is 0 Å². The maximum absolute atomic E-state index is 13.3. The van der Waals surface area contributed by atoms with Crippen LogP contribution in [0.15, 0.2) is 18.2 Å². The van der Waals surface area contributed by atoms with Crippen LogP contribution in [0, 0.1) is 18.7 Å². The summed E-state index contributed by atoms with van der Waals surface area (Å²) in [4.78, 5) is 28.2. The summed E-state index contributed by atoms with van der Waals surface area (Å²) in [6.45, 7) is 4.84. The third-order valence-electron chi connectivity index (χ3n) is 4.46. The normalized spacial score (nSPS) is 19.3. The van der Waals surface area contributed by atoms with E-state index in [1.807, 2.05) is 4.90 Å². The molecule has 3 rings (SSSR count).